The second-order valence-electron chi connectivity index (χ2n) is 6.46. The first kappa shape index (κ1) is 14.4. The topological polar surface area (TPSA) is 45.2 Å². The van der Waals surface area contributed by atoms with Crippen LogP contribution >= 0.6 is 0 Å². The average Bonchev–Trinajstić information content (AvgIpc) is 2.96. The van der Waals surface area contributed by atoms with Gasteiger partial charge in [-0.2, -0.15) is 0 Å². The molecule has 21 heavy (non-hydrogen) atoms. The second kappa shape index (κ2) is 6.04. The van der Waals surface area contributed by atoms with Crippen molar-refractivity contribution >= 4 is 11.7 Å². The van der Waals surface area contributed by atoms with Crippen molar-refractivity contribution in [1.82, 2.24) is 9.88 Å². The van der Waals surface area contributed by atoms with Crippen LogP contribution < -0.4 is 5.32 Å². The van der Waals surface area contributed by atoms with Crippen LogP contribution in [0.25, 0.3) is 0 Å². The van der Waals surface area contributed by atoms with Gasteiger partial charge in [-0.1, -0.05) is 12.8 Å². The molecule has 2 fully saturated rings. The first-order valence-electron chi connectivity index (χ1n) is 8.22. The van der Waals surface area contributed by atoms with Gasteiger partial charge in [0.25, 0.3) is 5.91 Å². The van der Waals surface area contributed by atoms with Crippen LogP contribution in [0, 0.1) is 5.41 Å². The fraction of sp³-hybridized carbons (Fsp3) is 0.647. The molecule has 1 aliphatic carbocycles. The van der Waals surface area contributed by atoms with Gasteiger partial charge in [0.05, 0.1) is 0 Å². The Morgan fingerprint density at radius 2 is 2.00 bits per heavy atom. The number of pyridine rings is 1. The quantitative estimate of drug-likeness (QED) is 0.927. The van der Waals surface area contributed by atoms with Gasteiger partial charge in [-0.25, -0.2) is 4.98 Å². The first-order chi connectivity index (χ1) is 10.2. The number of nitrogens with one attached hydrogen (secondary N) is 1. The number of hydrogen-bond acceptors (Lipinski definition) is 3. The number of likely N-dealkylation sites (tertiary alicyclic amines) is 1. The number of aromatic nitrogens is 1. The van der Waals surface area contributed by atoms with Crippen molar-refractivity contribution in [3.8, 4) is 0 Å². The Hall–Kier alpha value is -1.58. The monoisotopic (exact) mass is 287 g/mol. The number of anilines is 1. The van der Waals surface area contributed by atoms with E-state index in [2.05, 4.69) is 10.3 Å². The Balaban J connectivity index is 1.64. The molecule has 1 aromatic rings. The predicted octanol–water partition coefficient (Wildman–Crippen LogP) is 3.31. The number of hydrogen-bond donors (Lipinski definition) is 1. The van der Waals surface area contributed by atoms with Gasteiger partial charge < -0.3 is 10.2 Å². The molecule has 4 heteroatoms. The molecule has 1 amide bonds. The Bertz CT molecular complexity index is 499. The van der Waals surface area contributed by atoms with Crippen molar-refractivity contribution in [2.75, 3.05) is 25.0 Å². The van der Waals surface area contributed by atoms with E-state index in [4.69, 9.17) is 0 Å². The minimum absolute atomic E-state index is 0.157. The van der Waals surface area contributed by atoms with E-state index in [9.17, 15) is 4.79 Å². The van der Waals surface area contributed by atoms with Crippen molar-refractivity contribution in [2.45, 2.75) is 45.4 Å². The number of carbonyl (C=O) groups excluding carboxylic acids is 1. The minimum atomic E-state index is 0.157. The maximum atomic E-state index is 12.6. The number of amides is 1. The van der Waals surface area contributed by atoms with Crippen LogP contribution in [0.4, 0.5) is 5.82 Å². The molecule has 0 atom stereocenters. The molecule has 1 saturated carbocycles. The van der Waals surface area contributed by atoms with E-state index < -0.39 is 0 Å². The summed E-state index contributed by atoms with van der Waals surface area (Å²) in [6.45, 7) is 4.67. The zero-order valence-electron chi connectivity index (χ0n) is 12.9. The molecule has 0 radical (unpaired) electrons. The average molecular weight is 287 g/mol. The Labute approximate surface area is 126 Å². The van der Waals surface area contributed by atoms with E-state index in [1.54, 1.807) is 6.20 Å². The Morgan fingerprint density at radius 1 is 1.29 bits per heavy atom. The van der Waals surface area contributed by atoms with E-state index >= 15 is 0 Å². The zero-order chi connectivity index (χ0) is 14.7. The van der Waals surface area contributed by atoms with Crippen LogP contribution in [0.15, 0.2) is 18.3 Å². The molecular weight excluding hydrogens is 262 g/mol. The lowest BCUT2D eigenvalue weighted by molar-refractivity contribution is 0.0587. The van der Waals surface area contributed by atoms with E-state index in [0.29, 0.717) is 5.41 Å². The molecule has 0 bridgehead atoms. The Morgan fingerprint density at radius 3 is 2.67 bits per heavy atom. The molecule has 1 N–H and O–H groups in total. The fourth-order valence-electron chi connectivity index (χ4n) is 3.83. The lowest BCUT2D eigenvalue weighted by Crippen LogP contribution is -2.42. The second-order valence-corrected chi connectivity index (χ2v) is 6.46. The minimum Gasteiger partial charge on any atom is -0.370 e. The Kier molecular flexibility index (Phi) is 4.13. The van der Waals surface area contributed by atoms with E-state index in [1.807, 2.05) is 24.0 Å². The van der Waals surface area contributed by atoms with Crippen LogP contribution in [0.2, 0.25) is 0 Å². The molecule has 3 rings (SSSR count). The summed E-state index contributed by atoms with van der Waals surface area (Å²) < 4.78 is 0. The van der Waals surface area contributed by atoms with Gasteiger partial charge in [0, 0.05) is 31.4 Å². The van der Waals surface area contributed by atoms with Gasteiger partial charge in [0.15, 0.2) is 0 Å². The number of carbonyl (C=O) groups is 1. The van der Waals surface area contributed by atoms with Crippen LogP contribution in [0.1, 0.15) is 55.8 Å². The number of piperidine rings is 1. The lowest BCUT2D eigenvalue weighted by Gasteiger charge is -2.39. The summed E-state index contributed by atoms with van der Waals surface area (Å²) in [5, 5.41) is 3.16. The third-order valence-electron chi connectivity index (χ3n) is 5.14. The van der Waals surface area contributed by atoms with Gasteiger partial charge in [0.1, 0.15) is 5.82 Å². The molecule has 4 nitrogen and oxygen atoms in total. The molecular formula is C17H25N3O. The summed E-state index contributed by atoms with van der Waals surface area (Å²) in [6, 6.07) is 3.69. The highest BCUT2D eigenvalue weighted by Gasteiger charge is 2.38. The van der Waals surface area contributed by atoms with Crippen molar-refractivity contribution in [3.05, 3.63) is 23.9 Å². The molecule has 1 aromatic heterocycles. The molecule has 0 aromatic carbocycles. The molecule has 114 valence electrons. The van der Waals surface area contributed by atoms with Crippen LogP contribution in [0.5, 0.6) is 0 Å². The maximum absolute atomic E-state index is 12.6. The van der Waals surface area contributed by atoms with Crippen LogP contribution in [0.3, 0.4) is 0 Å². The summed E-state index contributed by atoms with van der Waals surface area (Å²) in [5.74, 6) is 0.942. The first-order valence-corrected chi connectivity index (χ1v) is 8.22. The van der Waals surface area contributed by atoms with Gasteiger partial charge >= 0.3 is 0 Å². The van der Waals surface area contributed by atoms with Gasteiger partial charge in [-0.15, -0.1) is 0 Å². The lowest BCUT2D eigenvalue weighted by atomic mass is 9.77. The molecule has 2 aliphatic rings. The molecule has 1 saturated heterocycles. The van der Waals surface area contributed by atoms with Crippen molar-refractivity contribution in [2.24, 2.45) is 5.41 Å². The van der Waals surface area contributed by atoms with Gasteiger partial charge in [-0.3, -0.25) is 4.79 Å². The number of rotatable bonds is 3. The van der Waals surface area contributed by atoms with E-state index in [0.717, 1.165) is 31.0 Å². The maximum Gasteiger partial charge on any atom is 0.254 e. The molecule has 1 spiro atoms. The third-order valence-corrected chi connectivity index (χ3v) is 5.14. The number of nitrogens with zero attached hydrogens (tertiary/aromatic N) is 2. The van der Waals surface area contributed by atoms with Crippen LogP contribution in [-0.4, -0.2) is 35.4 Å². The summed E-state index contributed by atoms with van der Waals surface area (Å²) in [5.41, 5.74) is 1.31. The van der Waals surface area contributed by atoms with Crippen molar-refractivity contribution in [3.63, 3.8) is 0 Å². The third kappa shape index (κ3) is 3.04. The van der Waals surface area contributed by atoms with E-state index in [-0.39, 0.29) is 5.91 Å². The molecule has 0 unspecified atom stereocenters. The highest BCUT2D eigenvalue weighted by molar-refractivity contribution is 5.94. The standard InChI is InChI=1S/C17H25N3O/c1-2-18-15-13-14(5-10-19-15)16(21)20-11-8-17(9-12-20)6-3-4-7-17/h5,10,13H,2-4,6-9,11-12H2,1H3,(H,18,19). The smallest absolute Gasteiger partial charge is 0.254 e. The largest absolute Gasteiger partial charge is 0.370 e. The summed E-state index contributed by atoms with van der Waals surface area (Å²) in [6.07, 6.45) is 9.58. The van der Waals surface area contributed by atoms with Crippen molar-refractivity contribution < 1.29 is 4.79 Å². The highest BCUT2D eigenvalue weighted by Crippen LogP contribution is 2.46. The summed E-state index contributed by atoms with van der Waals surface area (Å²) in [4.78, 5) is 18.9. The molecule has 1 aliphatic heterocycles. The van der Waals surface area contributed by atoms with Gasteiger partial charge in [0.2, 0.25) is 0 Å². The van der Waals surface area contributed by atoms with Gasteiger partial charge in [-0.05, 0) is 50.2 Å². The fourth-order valence-corrected chi connectivity index (χ4v) is 3.83. The normalized spacial score (nSPS) is 20.7. The van der Waals surface area contributed by atoms with Crippen LogP contribution in [-0.2, 0) is 0 Å². The zero-order valence-corrected chi connectivity index (χ0v) is 12.9. The van der Waals surface area contributed by atoms with Crippen molar-refractivity contribution in [1.29, 1.82) is 0 Å². The van der Waals surface area contributed by atoms with E-state index in [1.165, 1.54) is 38.5 Å². The summed E-state index contributed by atoms with van der Waals surface area (Å²) in [7, 11) is 0. The predicted molar refractivity (Wildman–Crippen MR) is 84.4 cm³/mol. The summed E-state index contributed by atoms with van der Waals surface area (Å²) >= 11 is 0. The highest BCUT2D eigenvalue weighted by atomic mass is 16.2. The SMILES string of the molecule is CCNc1cc(C(=O)N2CCC3(CCCC3)CC2)ccn1. The molecule has 2 heterocycles.